The molecule has 2 saturated heterocycles. The summed E-state index contributed by atoms with van der Waals surface area (Å²) in [6, 6.07) is 0. The van der Waals surface area contributed by atoms with Gasteiger partial charge in [0.1, 0.15) is 8.64 Å². The summed E-state index contributed by atoms with van der Waals surface area (Å²) in [6.45, 7) is 8.71. The predicted molar refractivity (Wildman–Crippen MR) is 108 cm³/mol. The summed E-state index contributed by atoms with van der Waals surface area (Å²) in [5.74, 6) is 2.09. The van der Waals surface area contributed by atoms with E-state index in [1.165, 1.54) is 0 Å². The van der Waals surface area contributed by atoms with Crippen LogP contribution < -0.4 is 0 Å². The first-order valence-electron chi connectivity index (χ1n) is 7.77. The van der Waals surface area contributed by atoms with Gasteiger partial charge >= 0.3 is 0 Å². The number of hydrogen-bond acceptors (Lipinski definition) is 6. The maximum atomic E-state index is 5.54. The fourth-order valence-corrected chi connectivity index (χ4v) is 5.03. The highest BCUT2D eigenvalue weighted by atomic mass is 32.2. The average Bonchev–Trinajstić information content (AvgIpc) is 2.52. The molecule has 126 valence electrons. The molecule has 2 aliphatic heterocycles. The van der Waals surface area contributed by atoms with E-state index < -0.39 is 0 Å². The Morgan fingerprint density at radius 3 is 1.32 bits per heavy atom. The van der Waals surface area contributed by atoms with Crippen LogP contribution in [0.1, 0.15) is 0 Å². The zero-order chi connectivity index (χ0) is 15.9. The lowest BCUT2D eigenvalue weighted by atomic mass is 10.4. The molecule has 0 aromatic heterocycles. The minimum absolute atomic E-state index is 1.05. The summed E-state index contributed by atoms with van der Waals surface area (Å²) < 4.78 is 2.11. The fourth-order valence-electron chi connectivity index (χ4n) is 2.42. The molecule has 2 rings (SSSR count). The zero-order valence-corrected chi connectivity index (χ0v) is 16.8. The number of hydrogen-bond donors (Lipinski definition) is 0. The molecule has 0 aromatic carbocycles. The summed E-state index contributed by atoms with van der Waals surface area (Å²) in [5.41, 5.74) is 0. The third-order valence-corrected chi connectivity index (χ3v) is 7.37. The van der Waals surface area contributed by atoms with Crippen LogP contribution in [0.5, 0.6) is 0 Å². The molecule has 22 heavy (non-hydrogen) atoms. The molecule has 0 N–H and O–H groups in total. The Morgan fingerprint density at radius 2 is 1.00 bits per heavy atom. The van der Waals surface area contributed by atoms with Crippen molar-refractivity contribution in [2.75, 3.05) is 78.0 Å². The van der Waals surface area contributed by atoms with E-state index in [0.717, 1.165) is 72.5 Å². The third kappa shape index (κ3) is 6.13. The van der Waals surface area contributed by atoms with Crippen LogP contribution in [0.4, 0.5) is 0 Å². The van der Waals surface area contributed by atoms with E-state index in [1.807, 2.05) is 0 Å². The SMILES string of the molecule is CN1CCN(C(=S)SCCSC(=S)N2CCN(C)CC2)CC1. The summed E-state index contributed by atoms with van der Waals surface area (Å²) in [5, 5.41) is 0. The van der Waals surface area contributed by atoms with Gasteiger partial charge in [-0.1, -0.05) is 48.0 Å². The molecular weight excluding hydrogens is 352 g/mol. The Labute approximate surface area is 153 Å². The molecule has 2 fully saturated rings. The van der Waals surface area contributed by atoms with Gasteiger partial charge in [0.2, 0.25) is 0 Å². The second-order valence-electron chi connectivity index (χ2n) is 5.81. The van der Waals surface area contributed by atoms with Crippen molar-refractivity contribution < 1.29 is 0 Å². The van der Waals surface area contributed by atoms with Crippen LogP contribution in [0.25, 0.3) is 0 Å². The zero-order valence-electron chi connectivity index (χ0n) is 13.5. The first-order chi connectivity index (χ1) is 10.6. The van der Waals surface area contributed by atoms with Crippen LogP contribution in [0.15, 0.2) is 0 Å². The van der Waals surface area contributed by atoms with Gasteiger partial charge in [-0.15, -0.1) is 0 Å². The number of rotatable bonds is 3. The van der Waals surface area contributed by atoms with E-state index in [9.17, 15) is 0 Å². The minimum atomic E-state index is 1.05. The Kier molecular flexibility index (Phi) is 8.21. The second-order valence-corrected chi connectivity index (χ2v) is 9.27. The van der Waals surface area contributed by atoms with E-state index in [0.29, 0.717) is 0 Å². The van der Waals surface area contributed by atoms with Crippen molar-refractivity contribution in [2.45, 2.75) is 0 Å². The second kappa shape index (κ2) is 9.64. The standard InChI is InChI=1S/C14H26N4S4/c1-15-3-7-17(8-4-15)13(19)21-11-12-22-14(20)18-9-5-16(2)6-10-18/h3-12H2,1-2H3. The topological polar surface area (TPSA) is 13.0 Å². The number of piperazine rings is 2. The van der Waals surface area contributed by atoms with Crippen LogP contribution in [-0.4, -0.2) is 106 Å². The fraction of sp³-hybridized carbons (Fsp3) is 0.857. The summed E-state index contributed by atoms with van der Waals surface area (Å²) in [6.07, 6.45) is 0. The van der Waals surface area contributed by atoms with Gasteiger partial charge in [0.15, 0.2) is 0 Å². The van der Waals surface area contributed by atoms with Gasteiger partial charge in [-0.05, 0) is 14.1 Å². The highest BCUT2D eigenvalue weighted by Gasteiger charge is 2.18. The Hall–Kier alpha value is 0.400. The van der Waals surface area contributed by atoms with Crippen LogP contribution in [0.3, 0.4) is 0 Å². The van der Waals surface area contributed by atoms with Crippen molar-refractivity contribution in [1.29, 1.82) is 0 Å². The summed E-state index contributed by atoms with van der Waals surface area (Å²) >= 11 is 14.7. The largest absolute Gasteiger partial charge is 0.355 e. The Morgan fingerprint density at radius 1 is 0.682 bits per heavy atom. The van der Waals surface area contributed by atoms with Gasteiger partial charge < -0.3 is 19.6 Å². The molecule has 0 amide bonds. The van der Waals surface area contributed by atoms with E-state index in [4.69, 9.17) is 24.4 Å². The maximum Gasteiger partial charge on any atom is 0.136 e. The molecule has 0 aromatic rings. The lowest BCUT2D eigenvalue weighted by Crippen LogP contribution is -2.46. The molecule has 0 unspecified atom stereocenters. The van der Waals surface area contributed by atoms with Crippen LogP contribution in [0, 0.1) is 0 Å². The lowest BCUT2D eigenvalue weighted by molar-refractivity contribution is 0.220. The Bertz CT molecular complexity index is 341. The molecular formula is C14H26N4S4. The smallest absolute Gasteiger partial charge is 0.136 e. The monoisotopic (exact) mass is 378 g/mol. The van der Waals surface area contributed by atoms with E-state index in [-0.39, 0.29) is 0 Å². The van der Waals surface area contributed by atoms with Gasteiger partial charge in [-0.25, -0.2) is 0 Å². The van der Waals surface area contributed by atoms with Gasteiger partial charge in [-0.3, -0.25) is 0 Å². The molecule has 0 saturated carbocycles. The first-order valence-corrected chi connectivity index (χ1v) is 10.6. The van der Waals surface area contributed by atoms with E-state index in [1.54, 1.807) is 23.5 Å². The Balaban J connectivity index is 1.56. The van der Waals surface area contributed by atoms with Crippen molar-refractivity contribution in [3.8, 4) is 0 Å². The summed E-state index contributed by atoms with van der Waals surface area (Å²) in [7, 11) is 4.34. The number of thiocarbonyl (C=S) groups is 2. The van der Waals surface area contributed by atoms with Crippen molar-refractivity contribution in [2.24, 2.45) is 0 Å². The van der Waals surface area contributed by atoms with Gasteiger partial charge in [0, 0.05) is 63.9 Å². The highest BCUT2D eigenvalue weighted by molar-refractivity contribution is 8.25. The van der Waals surface area contributed by atoms with E-state index in [2.05, 4.69) is 33.7 Å². The molecule has 0 bridgehead atoms. The van der Waals surface area contributed by atoms with E-state index >= 15 is 0 Å². The number of likely N-dealkylation sites (N-methyl/N-ethyl adjacent to an activating group) is 2. The van der Waals surface area contributed by atoms with Gasteiger partial charge in [0.25, 0.3) is 0 Å². The first kappa shape index (κ1) is 18.7. The molecule has 0 aliphatic carbocycles. The lowest BCUT2D eigenvalue weighted by Gasteiger charge is -2.34. The molecule has 0 radical (unpaired) electrons. The minimum Gasteiger partial charge on any atom is -0.355 e. The van der Waals surface area contributed by atoms with Crippen molar-refractivity contribution >= 4 is 56.6 Å². The van der Waals surface area contributed by atoms with Gasteiger partial charge in [0.05, 0.1) is 0 Å². The van der Waals surface area contributed by atoms with Crippen molar-refractivity contribution in [3.05, 3.63) is 0 Å². The molecule has 2 heterocycles. The molecule has 0 atom stereocenters. The van der Waals surface area contributed by atoms with Crippen LogP contribution >= 0.6 is 48.0 Å². The highest BCUT2D eigenvalue weighted by Crippen LogP contribution is 2.17. The van der Waals surface area contributed by atoms with Crippen LogP contribution in [0.2, 0.25) is 0 Å². The molecule has 2 aliphatic rings. The van der Waals surface area contributed by atoms with Crippen LogP contribution in [-0.2, 0) is 0 Å². The van der Waals surface area contributed by atoms with Gasteiger partial charge in [-0.2, -0.15) is 0 Å². The molecule has 8 heteroatoms. The van der Waals surface area contributed by atoms with Crippen molar-refractivity contribution in [3.63, 3.8) is 0 Å². The predicted octanol–water partition coefficient (Wildman–Crippen LogP) is 1.52. The summed E-state index contributed by atoms with van der Waals surface area (Å²) in [4.78, 5) is 9.38. The number of thioether (sulfide) groups is 2. The third-order valence-electron chi connectivity index (χ3n) is 4.06. The van der Waals surface area contributed by atoms with Crippen molar-refractivity contribution in [1.82, 2.24) is 19.6 Å². The number of nitrogens with zero attached hydrogens (tertiary/aromatic N) is 4. The quantitative estimate of drug-likeness (QED) is 0.535. The molecule has 4 nitrogen and oxygen atoms in total. The molecule has 0 spiro atoms. The normalized spacial score (nSPS) is 21.2. The average molecular weight is 379 g/mol. The maximum absolute atomic E-state index is 5.54.